The van der Waals surface area contributed by atoms with Crippen molar-refractivity contribution < 1.29 is 18.3 Å². The van der Waals surface area contributed by atoms with Crippen LogP contribution in [0.1, 0.15) is 57.3 Å². The first-order chi connectivity index (χ1) is 15.3. The molecule has 1 N–H and O–H groups in total. The average molecular weight is 464 g/mol. The highest BCUT2D eigenvalue weighted by Gasteiger charge is 2.35. The number of thioether (sulfide) groups is 1. The van der Waals surface area contributed by atoms with Gasteiger partial charge in [0, 0.05) is 40.7 Å². The largest absolute Gasteiger partial charge is 0.435 e. The van der Waals surface area contributed by atoms with E-state index in [0.717, 1.165) is 59.7 Å². The Morgan fingerprint density at radius 2 is 2.06 bits per heavy atom. The number of benzene rings is 1. The van der Waals surface area contributed by atoms with Crippen molar-refractivity contribution in [3.05, 3.63) is 35.5 Å². The Balaban J connectivity index is 1.59. The molecule has 0 bridgehead atoms. The Bertz CT molecular complexity index is 970. The number of amides is 1. The lowest BCUT2D eigenvalue weighted by atomic mass is 9.84. The molecule has 32 heavy (non-hydrogen) atoms. The molecule has 1 amide bonds. The molecule has 1 unspecified atom stereocenters. The molecule has 1 aromatic heterocycles. The number of fused-ring (bicyclic) bond motifs is 1. The molecule has 2 aromatic rings. The Labute approximate surface area is 192 Å². The second kappa shape index (κ2) is 9.41. The fourth-order valence-corrected chi connectivity index (χ4v) is 6.08. The third kappa shape index (κ3) is 4.95. The minimum Gasteiger partial charge on any atom is -0.435 e. The summed E-state index contributed by atoms with van der Waals surface area (Å²) >= 11 is 1.95. The fraction of sp³-hybridized carbons (Fsp3) is 0.583. The quantitative estimate of drug-likeness (QED) is 0.637. The summed E-state index contributed by atoms with van der Waals surface area (Å²) < 4.78 is 31.9. The molecule has 1 aliphatic carbocycles. The van der Waals surface area contributed by atoms with E-state index in [1.165, 1.54) is 6.07 Å². The molecule has 0 saturated carbocycles. The molecule has 0 radical (unpaired) electrons. The average Bonchev–Trinajstić information content (AvgIpc) is 3.13. The van der Waals surface area contributed by atoms with Crippen LogP contribution in [-0.2, 0) is 17.6 Å². The van der Waals surface area contributed by atoms with Crippen LogP contribution in [0.3, 0.4) is 0 Å². The van der Waals surface area contributed by atoms with Crippen molar-refractivity contribution in [1.82, 2.24) is 15.1 Å². The van der Waals surface area contributed by atoms with Gasteiger partial charge in [-0.15, -0.1) is 0 Å². The van der Waals surface area contributed by atoms with Crippen molar-refractivity contribution in [1.29, 1.82) is 0 Å². The molecule has 5 nitrogen and oxygen atoms in total. The Morgan fingerprint density at radius 1 is 1.31 bits per heavy atom. The Morgan fingerprint density at radius 3 is 2.75 bits per heavy atom. The zero-order valence-electron chi connectivity index (χ0n) is 18.9. The van der Waals surface area contributed by atoms with Crippen LogP contribution < -0.4 is 10.1 Å². The molecule has 1 aliphatic heterocycles. The normalized spacial score (nSPS) is 20.3. The number of ether oxygens (including phenoxy) is 1. The van der Waals surface area contributed by atoms with Gasteiger partial charge in [0.05, 0.1) is 5.69 Å². The van der Waals surface area contributed by atoms with E-state index in [4.69, 9.17) is 5.10 Å². The first-order valence-electron chi connectivity index (χ1n) is 11.3. The maximum atomic E-state index is 13.2. The number of halogens is 2. The summed E-state index contributed by atoms with van der Waals surface area (Å²) in [5.41, 5.74) is 3.62. The molecule has 4 rings (SSSR count). The van der Waals surface area contributed by atoms with Crippen LogP contribution in [0, 0.1) is 5.92 Å². The van der Waals surface area contributed by atoms with Gasteiger partial charge >= 0.3 is 6.61 Å². The van der Waals surface area contributed by atoms with Crippen LogP contribution in [0.25, 0.3) is 11.3 Å². The van der Waals surface area contributed by atoms with E-state index in [9.17, 15) is 13.6 Å². The van der Waals surface area contributed by atoms with Crippen molar-refractivity contribution in [2.45, 2.75) is 71.1 Å². The van der Waals surface area contributed by atoms with Gasteiger partial charge in [0.25, 0.3) is 0 Å². The predicted molar refractivity (Wildman–Crippen MR) is 123 cm³/mol. The molecule has 1 saturated heterocycles. The van der Waals surface area contributed by atoms with Crippen molar-refractivity contribution in [3.63, 3.8) is 0 Å². The number of nitrogens with zero attached hydrogens (tertiary/aromatic N) is 2. The summed E-state index contributed by atoms with van der Waals surface area (Å²) in [6, 6.07) is 6.84. The van der Waals surface area contributed by atoms with E-state index in [0.29, 0.717) is 6.42 Å². The van der Waals surface area contributed by atoms with Crippen LogP contribution >= 0.6 is 11.8 Å². The standard InChI is InChI=1S/C24H31F2N3O2S/c1-15(2)29-20-14-17(22(30)27-24(3)9-11-32-12-10-24)7-8-19(20)21(28-29)16-5-4-6-18(13-16)31-23(25)26/h4-6,13,15,17,23H,7-12,14H2,1-3H3,(H,27,30). The van der Waals surface area contributed by atoms with Gasteiger partial charge in [0.2, 0.25) is 5.91 Å². The van der Waals surface area contributed by atoms with Gasteiger partial charge in [-0.3, -0.25) is 9.48 Å². The number of hydrogen-bond donors (Lipinski definition) is 1. The zero-order valence-corrected chi connectivity index (χ0v) is 19.7. The third-order valence-electron chi connectivity index (χ3n) is 6.51. The predicted octanol–water partition coefficient (Wildman–Crippen LogP) is 5.24. The second-order valence-electron chi connectivity index (χ2n) is 9.32. The summed E-state index contributed by atoms with van der Waals surface area (Å²) in [6.07, 6.45) is 4.15. The van der Waals surface area contributed by atoms with Crippen molar-refractivity contribution >= 4 is 17.7 Å². The first-order valence-corrected chi connectivity index (χ1v) is 12.5. The summed E-state index contributed by atoms with van der Waals surface area (Å²) in [6.45, 7) is 3.43. The first kappa shape index (κ1) is 23.1. The smallest absolute Gasteiger partial charge is 0.387 e. The van der Waals surface area contributed by atoms with Gasteiger partial charge in [-0.25, -0.2) is 0 Å². The monoisotopic (exact) mass is 463 g/mol. The number of rotatable bonds is 6. The van der Waals surface area contributed by atoms with Gasteiger partial charge < -0.3 is 10.1 Å². The fourth-order valence-electron chi connectivity index (χ4n) is 4.69. The van der Waals surface area contributed by atoms with Gasteiger partial charge in [-0.2, -0.15) is 25.6 Å². The Kier molecular flexibility index (Phi) is 6.79. The van der Waals surface area contributed by atoms with Crippen LogP contribution in [-0.4, -0.2) is 39.3 Å². The van der Waals surface area contributed by atoms with Crippen LogP contribution in [0.15, 0.2) is 24.3 Å². The van der Waals surface area contributed by atoms with Crippen LogP contribution in [0.2, 0.25) is 0 Å². The van der Waals surface area contributed by atoms with Gasteiger partial charge in [-0.05, 0) is 70.1 Å². The second-order valence-corrected chi connectivity index (χ2v) is 10.5. The van der Waals surface area contributed by atoms with E-state index in [1.54, 1.807) is 12.1 Å². The SMILES string of the molecule is CC(C)n1nc(-c2cccc(OC(F)F)c2)c2c1CC(C(=O)NC1(C)CCSCC1)CC2. The lowest BCUT2D eigenvalue weighted by molar-refractivity contribution is -0.127. The number of carbonyl (C=O) groups is 1. The summed E-state index contributed by atoms with van der Waals surface area (Å²) in [5.74, 6) is 2.35. The van der Waals surface area contributed by atoms with Crippen molar-refractivity contribution in [2.24, 2.45) is 5.92 Å². The van der Waals surface area contributed by atoms with E-state index in [-0.39, 0.29) is 29.2 Å². The number of aromatic nitrogens is 2. The summed E-state index contributed by atoms with van der Waals surface area (Å²) in [7, 11) is 0. The highest BCUT2D eigenvalue weighted by molar-refractivity contribution is 7.99. The maximum absolute atomic E-state index is 13.2. The zero-order chi connectivity index (χ0) is 22.9. The molecule has 1 atom stereocenters. The van der Waals surface area contributed by atoms with E-state index in [1.807, 2.05) is 22.5 Å². The maximum Gasteiger partial charge on any atom is 0.387 e. The topological polar surface area (TPSA) is 56.2 Å². The molecule has 2 aliphatic rings. The van der Waals surface area contributed by atoms with Crippen molar-refractivity contribution in [2.75, 3.05) is 11.5 Å². The number of nitrogens with one attached hydrogen (secondary N) is 1. The molecule has 174 valence electrons. The number of hydrogen-bond acceptors (Lipinski definition) is 4. The number of alkyl halides is 2. The molecule has 2 heterocycles. The molecular weight excluding hydrogens is 432 g/mol. The molecular formula is C24H31F2N3O2S. The van der Waals surface area contributed by atoms with Gasteiger partial charge in [-0.1, -0.05) is 12.1 Å². The highest BCUT2D eigenvalue weighted by Crippen LogP contribution is 2.36. The Hall–Kier alpha value is -2.09. The van der Waals surface area contributed by atoms with Crippen LogP contribution in [0.4, 0.5) is 8.78 Å². The lowest BCUT2D eigenvalue weighted by Crippen LogP contribution is -2.51. The van der Waals surface area contributed by atoms with E-state index < -0.39 is 6.61 Å². The number of carbonyl (C=O) groups excluding carboxylic acids is 1. The third-order valence-corrected chi connectivity index (χ3v) is 7.50. The van der Waals surface area contributed by atoms with E-state index in [2.05, 4.69) is 30.8 Å². The lowest BCUT2D eigenvalue weighted by Gasteiger charge is -2.36. The van der Waals surface area contributed by atoms with Gasteiger partial charge in [0.1, 0.15) is 5.75 Å². The minimum absolute atomic E-state index is 0.0792. The highest BCUT2D eigenvalue weighted by atomic mass is 32.2. The molecule has 1 fully saturated rings. The summed E-state index contributed by atoms with van der Waals surface area (Å²) in [5, 5.41) is 8.18. The summed E-state index contributed by atoms with van der Waals surface area (Å²) in [4.78, 5) is 13.2. The minimum atomic E-state index is -2.86. The molecule has 0 spiro atoms. The van der Waals surface area contributed by atoms with E-state index >= 15 is 0 Å². The molecule has 8 heteroatoms. The van der Waals surface area contributed by atoms with Crippen molar-refractivity contribution in [3.8, 4) is 17.0 Å². The molecule has 1 aromatic carbocycles. The van der Waals surface area contributed by atoms with Gasteiger partial charge in [0.15, 0.2) is 0 Å². The van der Waals surface area contributed by atoms with Crippen LogP contribution in [0.5, 0.6) is 5.75 Å².